The van der Waals surface area contributed by atoms with Crippen LogP contribution in [0.5, 0.6) is 0 Å². The summed E-state index contributed by atoms with van der Waals surface area (Å²) in [5, 5.41) is 10.8. The van der Waals surface area contributed by atoms with E-state index in [2.05, 4.69) is 0 Å². The summed E-state index contributed by atoms with van der Waals surface area (Å²) in [5.41, 5.74) is -2.07. The van der Waals surface area contributed by atoms with Crippen molar-refractivity contribution in [3.05, 3.63) is 28.1 Å². The molecule has 0 bridgehead atoms. The SMILES string of the molecule is CCS(=O)(=O)Nc1cc([N+](=O)[O-])cc(NS(=O)(=O)CC)c1F. The number of nitro benzene ring substituents is 1. The van der Waals surface area contributed by atoms with Gasteiger partial charge in [-0.1, -0.05) is 0 Å². The summed E-state index contributed by atoms with van der Waals surface area (Å²) >= 11 is 0. The molecule has 1 aromatic carbocycles. The highest BCUT2D eigenvalue weighted by Gasteiger charge is 2.22. The van der Waals surface area contributed by atoms with Gasteiger partial charge in [0.15, 0.2) is 5.82 Å². The number of nitro groups is 1. The second-order valence-electron chi connectivity index (χ2n) is 4.12. The van der Waals surface area contributed by atoms with E-state index in [0.29, 0.717) is 12.1 Å². The molecule has 0 spiro atoms. The van der Waals surface area contributed by atoms with Gasteiger partial charge in [0.1, 0.15) is 0 Å². The lowest BCUT2D eigenvalue weighted by molar-refractivity contribution is -0.384. The fourth-order valence-electron chi connectivity index (χ4n) is 1.34. The maximum atomic E-state index is 14.2. The highest BCUT2D eigenvalue weighted by atomic mass is 32.2. The van der Waals surface area contributed by atoms with E-state index >= 15 is 0 Å². The number of non-ortho nitro benzene ring substituents is 1. The molecule has 0 saturated heterocycles. The number of sulfonamides is 2. The molecule has 0 radical (unpaired) electrons. The molecule has 0 aromatic heterocycles. The molecule has 124 valence electrons. The lowest BCUT2D eigenvalue weighted by Gasteiger charge is -2.12. The summed E-state index contributed by atoms with van der Waals surface area (Å²) in [7, 11) is -7.79. The maximum Gasteiger partial charge on any atom is 0.273 e. The first-order valence-corrected chi connectivity index (χ1v) is 9.30. The molecular formula is C10H14FN3O6S2. The largest absolute Gasteiger partial charge is 0.280 e. The fourth-order valence-corrected chi connectivity index (χ4v) is 2.60. The quantitative estimate of drug-likeness (QED) is 0.558. The second kappa shape index (κ2) is 6.44. The van der Waals surface area contributed by atoms with Crippen LogP contribution in [0.25, 0.3) is 0 Å². The zero-order valence-corrected chi connectivity index (χ0v) is 13.3. The lowest BCUT2D eigenvalue weighted by atomic mass is 10.2. The lowest BCUT2D eigenvalue weighted by Crippen LogP contribution is -2.19. The summed E-state index contributed by atoms with van der Waals surface area (Å²) in [5.74, 6) is -2.02. The Morgan fingerprint density at radius 1 is 1.05 bits per heavy atom. The number of nitrogens with zero attached hydrogens (tertiary/aromatic N) is 1. The molecule has 2 N–H and O–H groups in total. The molecule has 1 rings (SSSR count). The summed E-state index contributed by atoms with van der Waals surface area (Å²) in [6.07, 6.45) is 0. The number of rotatable bonds is 7. The predicted octanol–water partition coefficient (Wildman–Crippen LogP) is 1.26. The van der Waals surface area contributed by atoms with E-state index in [1.54, 1.807) is 0 Å². The third-order valence-corrected chi connectivity index (χ3v) is 5.14. The van der Waals surface area contributed by atoms with Gasteiger partial charge in [-0.3, -0.25) is 19.6 Å². The van der Waals surface area contributed by atoms with Crippen LogP contribution in [0.4, 0.5) is 21.5 Å². The van der Waals surface area contributed by atoms with Gasteiger partial charge in [-0.2, -0.15) is 0 Å². The van der Waals surface area contributed by atoms with Crippen molar-refractivity contribution in [1.82, 2.24) is 0 Å². The fraction of sp³-hybridized carbons (Fsp3) is 0.400. The van der Waals surface area contributed by atoms with E-state index in [4.69, 9.17) is 0 Å². The van der Waals surface area contributed by atoms with Crippen molar-refractivity contribution < 1.29 is 26.1 Å². The van der Waals surface area contributed by atoms with Gasteiger partial charge in [0.25, 0.3) is 5.69 Å². The molecule has 12 heteroatoms. The second-order valence-corrected chi connectivity index (χ2v) is 8.14. The standard InChI is InChI=1S/C10H14FN3O6S2/c1-3-21(17,18)12-8-5-7(14(15)16)6-9(10(8)11)13-22(19,20)4-2/h5-6,12-13H,3-4H2,1-2H3. The Balaban J connectivity index is 3.45. The van der Waals surface area contributed by atoms with E-state index in [0.717, 1.165) is 0 Å². The summed E-state index contributed by atoms with van der Waals surface area (Å²) < 4.78 is 63.7. The van der Waals surface area contributed by atoms with Gasteiger partial charge in [0.2, 0.25) is 20.0 Å². The van der Waals surface area contributed by atoms with Crippen LogP contribution in [-0.2, 0) is 20.0 Å². The number of anilines is 2. The number of benzene rings is 1. The average Bonchev–Trinajstić information content (AvgIpc) is 2.42. The van der Waals surface area contributed by atoms with Crippen molar-refractivity contribution in [2.24, 2.45) is 0 Å². The normalized spacial score (nSPS) is 12.0. The third kappa shape index (κ3) is 4.53. The Hall–Kier alpha value is -1.95. The van der Waals surface area contributed by atoms with E-state index in [1.165, 1.54) is 13.8 Å². The average molecular weight is 355 g/mol. The summed E-state index contributed by atoms with van der Waals surface area (Å²) in [6.45, 7) is 2.58. The highest BCUT2D eigenvalue weighted by molar-refractivity contribution is 7.93. The molecule has 0 amide bonds. The Bertz CT molecular complexity index is 734. The number of nitrogens with one attached hydrogen (secondary N) is 2. The monoisotopic (exact) mass is 355 g/mol. The Labute approximate surface area is 126 Å². The van der Waals surface area contributed by atoms with Crippen LogP contribution in [-0.4, -0.2) is 33.3 Å². The zero-order valence-electron chi connectivity index (χ0n) is 11.7. The summed E-state index contributed by atoms with van der Waals surface area (Å²) in [4.78, 5) is 9.92. The highest BCUT2D eigenvalue weighted by Crippen LogP contribution is 2.30. The molecule has 0 aliphatic heterocycles. The third-order valence-electron chi connectivity index (χ3n) is 2.56. The van der Waals surface area contributed by atoms with Crippen molar-refractivity contribution in [3.8, 4) is 0 Å². The van der Waals surface area contributed by atoms with E-state index in [-0.39, 0.29) is 11.5 Å². The number of hydrogen-bond acceptors (Lipinski definition) is 6. The van der Waals surface area contributed by atoms with Crippen molar-refractivity contribution in [1.29, 1.82) is 0 Å². The molecule has 0 atom stereocenters. The van der Waals surface area contributed by atoms with Crippen LogP contribution in [0.1, 0.15) is 13.8 Å². The van der Waals surface area contributed by atoms with Gasteiger partial charge in [0, 0.05) is 12.1 Å². The van der Waals surface area contributed by atoms with Crippen LogP contribution in [0.15, 0.2) is 12.1 Å². The molecule has 0 fully saturated rings. The molecule has 0 aliphatic rings. The topological polar surface area (TPSA) is 135 Å². The minimum Gasteiger partial charge on any atom is -0.280 e. The van der Waals surface area contributed by atoms with Crippen molar-refractivity contribution in [2.75, 3.05) is 20.9 Å². The molecule has 0 aliphatic carbocycles. The number of hydrogen-bond donors (Lipinski definition) is 2. The Kier molecular flexibility index (Phi) is 5.30. The number of halogens is 1. The Morgan fingerprint density at radius 3 is 1.68 bits per heavy atom. The maximum absolute atomic E-state index is 14.2. The molecular weight excluding hydrogens is 341 g/mol. The first-order chi connectivity index (χ1) is 10.0. The molecule has 0 saturated carbocycles. The molecule has 9 nitrogen and oxygen atoms in total. The van der Waals surface area contributed by atoms with Crippen LogP contribution >= 0.6 is 0 Å². The van der Waals surface area contributed by atoms with E-state index in [9.17, 15) is 31.3 Å². The van der Waals surface area contributed by atoms with Gasteiger partial charge in [0.05, 0.1) is 27.8 Å². The van der Waals surface area contributed by atoms with Gasteiger partial charge < -0.3 is 0 Å². The predicted molar refractivity (Wildman–Crippen MR) is 79.2 cm³/mol. The van der Waals surface area contributed by atoms with Crippen LogP contribution in [0.2, 0.25) is 0 Å². The minimum absolute atomic E-state index is 0.384. The van der Waals surface area contributed by atoms with Crippen LogP contribution in [0.3, 0.4) is 0 Å². The van der Waals surface area contributed by atoms with Gasteiger partial charge >= 0.3 is 0 Å². The smallest absolute Gasteiger partial charge is 0.273 e. The molecule has 0 heterocycles. The first kappa shape index (κ1) is 18.1. The van der Waals surface area contributed by atoms with Crippen molar-refractivity contribution >= 4 is 37.1 Å². The van der Waals surface area contributed by atoms with E-state index in [1.807, 2.05) is 9.44 Å². The van der Waals surface area contributed by atoms with Gasteiger partial charge in [-0.15, -0.1) is 0 Å². The van der Waals surface area contributed by atoms with Crippen LogP contribution < -0.4 is 9.44 Å². The minimum atomic E-state index is -3.89. The van der Waals surface area contributed by atoms with Gasteiger partial charge in [-0.05, 0) is 13.8 Å². The Morgan fingerprint density at radius 2 is 1.41 bits per heavy atom. The zero-order chi connectivity index (χ0) is 17.1. The molecule has 22 heavy (non-hydrogen) atoms. The van der Waals surface area contributed by atoms with Crippen LogP contribution in [0, 0.1) is 15.9 Å². The molecule has 1 aromatic rings. The van der Waals surface area contributed by atoms with Crippen molar-refractivity contribution in [3.63, 3.8) is 0 Å². The van der Waals surface area contributed by atoms with Crippen molar-refractivity contribution in [2.45, 2.75) is 13.8 Å². The van der Waals surface area contributed by atoms with Gasteiger partial charge in [-0.25, -0.2) is 21.2 Å². The first-order valence-electron chi connectivity index (χ1n) is 6.00. The summed E-state index contributed by atoms with van der Waals surface area (Å²) in [6, 6.07) is 1.35. The molecule has 0 unspecified atom stereocenters. The van der Waals surface area contributed by atoms with E-state index < -0.39 is 47.8 Å².